The van der Waals surface area contributed by atoms with Crippen molar-refractivity contribution in [3.63, 3.8) is 0 Å². The quantitative estimate of drug-likeness (QED) is 0.887. The Kier molecular flexibility index (Phi) is 5.16. The number of rotatable bonds is 5. The second kappa shape index (κ2) is 7.28. The first-order chi connectivity index (χ1) is 10.6. The van der Waals surface area contributed by atoms with Gasteiger partial charge in [-0.25, -0.2) is 0 Å². The molecule has 0 atom stereocenters. The number of amides is 1. The molecule has 22 heavy (non-hydrogen) atoms. The molecule has 0 aliphatic heterocycles. The molecule has 0 saturated heterocycles. The van der Waals surface area contributed by atoms with Gasteiger partial charge in [-0.1, -0.05) is 18.2 Å². The maximum Gasteiger partial charge on any atom is 0.243 e. The number of anilines is 2. The van der Waals surface area contributed by atoms with E-state index in [0.29, 0.717) is 6.42 Å². The predicted molar refractivity (Wildman–Crippen MR) is 88.8 cm³/mol. The average molecular weight is 293 g/mol. The summed E-state index contributed by atoms with van der Waals surface area (Å²) >= 11 is 0. The summed E-state index contributed by atoms with van der Waals surface area (Å²) in [5.74, 6) is -0.105. The molecular weight excluding hydrogens is 274 g/mol. The van der Waals surface area contributed by atoms with Crippen molar-refractivity contribution in [3.05, 3.63) is 59.2 Å². The minimum absolute atomic E-state index is 0.105. The summed E-state index contributed by atoms with van der Waals surface area (Å²) in [5.41, 5.74) is 5.02. The van der Waals surface area contributed by atoms with Gasteiger partial charge in [-0.2, -0.15) is 5.26 Å². The number of carbonyl (C=O) groups is 1. The van der Waals surface area contributed by atoms with Crippen LogP contribution in [-0.2, 0) is 11.2 Å². The molecule has 4 heteroatoms. The average Bonchev–Trinajstić information content (AvgIpc) is 2.51. The van der Waals surface area contributed by atoms with Crippen molar-refractivity contribution in [3.8, 4) is 6.07 Å². The molecule has 1 amide bonds. The van der Waals surface area contributed by atoms with Gasteiger partial charge in [-0.3, -0.25) is 4.79 Å². The Morgan fingerprint density at radius 2 is 1.73 bits per heavy atom. The topological polar surface area (TPSA) is 64.9 Å². The Morgan fingerprint density at radius 3 is 2.36 bits per heavy atom. The van der Waals surface area contributed by atoms with Gasteiger partial charge >= 0.3 is 0 Å². The van der Waals surface area contributed by atoms with Crippen LogP contribution in [0, 0.1) is 25.2 Å². The molecule has 112 valence electrons. The number of nitriles is 1. The fourth-order valence-electron chi connectivity index (χ4n) is 2.04. The van der Waals surface area contributed by atoms with Gasteiger partial charge in [0.2, 0.25) is 5.91 Å². The highest BCUT2D eigenvalue weighted by Gasteiger charge is 2.03. The van der Waals surface area contributed by atoms with Crippen LogP contribution in [0.5, 0.6) is 0 Å². The van der Waals surface area contributed by atoms with Gasteiger partial charge in [0.1, 0.15) is 0 Å². The van der Waals surface area contributed by atoms with Crippen molar-refractivity contribution in [1.82, 2.24) is 0 Å². The SMILES string of the molecule is Cc1ccc(NCC(=O)Nc2ccc(CC#N)cc2)cc1C. The summed E-state index contributed by atoms with van der Waals surface area (Å²) in [4.78, 5) is 11.9. The summed E-state index contributed by atoms with van der Waals surface area (Å²) in [6.45, 7) is 4.31. The summed E-state index contributed by atoms with van der Waals surface area (Å²) in [7, 11) is 0. The second-order valence-electron chi connectivity index (χ2n) is 5.23. The van der Waals surface area contributed by atoms with Gasteiger partial charge in [-0.15, -0.1) is 0 Å². The Hall–Kier alpha value is -2.80. The molecule has 0 saturated carbocycles. The molecular formula is C18H19N3O. The number of nitrogens with one attached hydrogen (secondary N) is 2. The van der Waals surface area contributed by atoms with Crippen molar-refractivity contribution in [2.45, 2.75) is 20.3 Å². The first-order valence-corrected chi connectivity index (χ1v) is 7.15. The van der Waals surface area contributed by atoms with Crippen LogP contribution < -0.4 is 10.6 Å². The highest BCUT2D eigenvalue weighted by atomic mass is 16.1. The maximum absolute atomic E-state index is 11.9. The lowest BCUT2D eigenvalue weighted by Crippen LogP contribution is -2.21. The number of hydrogen-bond donors (Lipinski definition) is 2. The van der Waals surface area contributed by atoms with Crippen molar-refractivity contribution >= 4 is 17.3 Å². The third-order valence-corrected chi connectivity index (χ3v) is 3.48. The highest BCUT2D eigenvalue weighted by molar-refractivity contribution is 5.93. The van der Waals surface area contributed by atoms with Gasteiger partial charge < -0.3 is 10.6 Å². The number of carbonyl (C=O) groups excluding carboxylic acids is 1. The molecule has 2 N–H and O–H groups in total. The minimum atomic E-state index is -0.105. The van der Waals surface area contributed by atoms with E-state index >= 15 is 0 Å². The third-order valence-electron chi connectivity index (χ3n) is 3.48. The molecule has 0 heterocycles. The van der Waals surface area contributed by atoms with Crippen LogP contribution in [0.15, 0.2) is 42.5 Å². The third kappa shape index (κ3) is 4.35. The van der Waals surface area contributed by atoms with Gasteiger partial charge in [-0.05, 0) is 54.8 Å². The largest absolute Gasteiger partial charge is 0.376 e. The van der Waals surface area contributed by atoms with Crippen LogP contribution >= 0.6 is 0 Å². The lowest BCUT2D eigenvalue weighted by atomic mass is 10.1. The Balaban J connectivity index is 1.87. The lowest BCUT2D eigenvalue weighted by molar-refractivity contribution is -0.114. The fourth-order valence-corrected chi connectivity index (χ4v) is 2.04. The first-order valence-electron chi connectivity index (χ1n) is 7.15. The molecule has 2 aromatic rings. The zero-order chi connectivity index (χ0) is 15.9. The van der Waals surface area contributed by atoms with E-state index in [-0.39, 0.29) is 12.5 Å². The lowest BCUT2D eigenvalue weighted by Gasteiger charge is -2.09. The van der Waals surface area contributed by atoms with Crippen LogP contribution in [0.4, 0.5) is 11.4 Å². The van der Waals surface area contributed by atoms with Crippen LogP contribution in [-0.4, -0.2) is 12.5 Å². The van der Waals surface area contributed by atoms with Crippen molar-refractivity contribution in [2.24, 2.45) is 0 Å². The summed E-state index contributed by atoms with van der Waals surface area (Å²) in [6, 6.07) is 15.4. The zero-order valence-electron chi connectivity index (χ0n) is 12.8. The van der Waals surface area contributed by atoms with Crippen molar-refractivity contribution < 1.29 is 4.79 Å². The fraction of sp³-hybridized carbons (Fsp3) is 0.222. The molecule has 0 aliphatic carbocycles. The molecule has 0 radical (unpaired) electrons. The number of benzene rings is 2. The number of hydrogen-bond acceptors (Lipinski definition) is 3. The van der Waals surface area contributed by atoms with E-state index in [9.17, 15) is 4.79 Å². The smallest absolute Gasteiger partial charge is 0.243 e. The van der Waals surface area contributed by atoms with Crippen molar-refractivity contribution in [1.29, 1.82) is 5.26 Å². The predicted octanol–water partition coefficient (Wildman–Crippen LogP) is 3.42. The van der Waals surface area contributed by atoms with Crippen LogP contribution in [0.3, 0.4) is 0 Å². The number of aryl methyl sites for hydroxylation is 2. The summed E-state index contributed by atoms with van der Waals surface area (Å²) in [6.07, 6.45) is 0.378. The molecule has 0 fully saturated rings. The van der Waals surface area contributed by atoms with Gasteiger partial charge in [0.05, 0.1) is 19.0 Å². The van der Waals surface area contributed by atoms with E-state index in [1.165, 1.54) is 11.1 Å². The number of nitrogens with zero attached hydrogens (tertiary/aromatic N) is 1. The Morgan fingerprint density at radius 1 is 1.05 bits per heavy atom. The zero-order valence-corrected chi connectivity index (χ0v) is 12.8. The Bertz CT molecular complexity index is 699. The Labute approximate surface area is 130 Å². The van der Waals surface area contributed by atoms with E-state index in [1.807, 2.05) is 37.3 Å². The summed E-state index contributed by atoms with van der Waals surface area (Å²) in [5, 5.41) is 14.6. The van der Waals surface area contributed by atoms with E-state index in [1.54, 1.807) is 12.1 Å². The first kappa shape index (κ1) is 15.6. The molecule has 4 nitrogen and oxygen atoms in total. The van der Waals surface area contributed by atoms with Crippen LogP contribution in [0.25, 0.3) is 0 Å². The molecule has 2 aromatic carbocycles. The van der Waals surface area contributed by atoms with Crippen LogP contribution in [0.2, 0.25) is 0 Å². The second-order valence-corrected chi connectivity index (χ2v) is 5.23. The van der Waals surface area contributed by atoms with Gasteiger partial charge in [0, 0.05) is 11.4 Å². The normalized spacial score (nSPS) is 9.86. The summed E-state index contributed by atoms with van der Waals surface area (Å²) < 4.78 is 0. The maximum atomic E-state index is 11.9. The van der Waals surface area contributed by atoms with Crippen LogP contribution in [0.1, 0.15) is 16.7 Å². The highest BCUT2D eigenvalue weighted by Crippen LogP contribution is 2.14. The standard InChI is InChI=1S/C18H19N3O/c1-13-3-6-17(11-14(13)2)20-12-18(22)21-16-7-4-15(5-8-16)9-10-19/h3-8,11,20H,9,12H2,1-2H3,(H,21,22). The minimum Gasteiger partial charge on any atom is -0.376 e. The molecule has 2 rings (SSSR count). The molecule has 0 aromatic heterocycles. The van der Waals surface area contributed by atoms with Gasteiger partial charge in [0.25, 0.3) is 0 Å². The molecule has 0 unspecified atom stereocenters. The van der Waals surface area contributed by atoms with Gasteiger partial charge in [0.15, 0.2) is 0 Å². The van der Waals surface area contributed by atoms with E-state index in [2.05, 4.69) is 23.6 Å². The van der Waals surface area contributed by atoms with E-state index in [4.69, 9.17) is 5.26 Å². The van der Waals surface area contributed by atoms with Crippen molar-refractivity contribution in [2.75, 3.05) is 17.2 Å². The molecule has 0 bridgehead atoms. The molecule has 0 aliphatic rings. The van der Waals surface area contributed by atoms with E-state index < -0.39 is 0 Å². The monoisotopic (exact) mass is 293 g/mol. The molecule has 0 spiro atoms. The van der Waals surface area contributed by atoms with E-state index in [0.717, 1.165) is 16.9 Å².